The Kier molecular flexibility index (Phi) is 6.22. The van der Waals surface area contributed by atoms with Crippen molar-refractivity contribution >= 4 is 12.0 Å². The van der Waals surface area contributed by atoms with E-state index in [0.29, 0.717) is 19.0 Å². The third kappa shape index (κ3) is 4.97. The molecule has 2 atom stereocenters. The molecule has 116 valence electrons. The number of nitrogens with one attached hydrogen (secondary N) is 1. The molecule has 1 rings (SSSR count). The van der Waals surface area contributed by atoms with E-state index in [4.69, 9.17) is 5.11 Å². The van der Waals surface area contributed by atoms with Gasteiger partial charge in [-0.3, -0.25) is 4.90 Å². The Balaban J connectivity index is 2.44. The van der Waals surface area contributed by atoms with Crippen molar-refractivity contribution in [2.75, 3.05) is 32.7 Å². The highest BCUT2D eigenvalue weighted by molar-refractivity contribution is 5.83. The Bertz CT molecular complexity index is 339. The minimum absolute atomic E-state index is 0.428. The van der Waals surface area contributed by atoms with E-state index in [0.717, 1.165) is 19.6 Å². The van der Waals surface area contributed by atoms with Gasteiger partial charge in [0.15, 0.2) is 6.04 Å². The van der Waals surface area contributed by atoms with E-state index in [1.807, 2.05) is 0 Å². The Morgan fingerprint density at radius 2 is 1.70 bits per heavy atom. The van der Waals surface area contributed by atoms with Crippen LogP contribution in [-0.4, -0.2) is 76.9 Å². The molecule has 7 heteroatoms. The summed E-state index contributed by atoms with van der Waals surface area (Å²) < 4.78 is 0. The SMILES string of the molecule is CC(C)CN1CCN(C(=O)NC(C(=O)O)C(C)O)CC1. The summed E-state index contributed by atoms with van der Waals surface area (Å²) in [5.41, 5.74) is 0. The number of hydrogen-bond acceptors (Lipinski definition) is 4. The molecular weight excluding hydrogens is 262 g/mol. The summed E-state index contributed by atoms with van der Waals surface area (Å²) in [6.45, 7) is 9.38. The lowest BCUT2D eigenvalue weighted by Crippen LogP contribution is -2.56. The number of amides is 2. The van der Waals surface area contributed by atoms with Crippen molar-refractivity contribution in [1.29, 1.82) is 0 Å². The predicted octanol–water partition coefficient (Wildman–Crippen LogP) is -0.196. The number of carbonyl (C=O) groups is 2. The number of carbonyl (C=O) groups excluding carboxylic acids is 1. The van der Waals surface area contributed by atoms with Gasteiger partial charge in [-0.05, 0) is 12.8 Å². The summed E-state index contributed by atoms with van der Waals surface area (Å²) in [6.07, 6.45) is -1.13. The molecule has 0 aromatic rings. The molecule has 7 nitrogen and oxygen atoms in total. The van der Waals surface area contributed by atoms with Crippen LogP contribution in [0.15, 0.2) is 0 Å². The highest BCUT2D eigenvalue weighted by Crippen LogP contribution is 2.06. The zero-order valence-electron chi connectivity index (χ0n) is 12.4. The van der Waals surface area contributed by atoms with Crippen LogP contribution < -0.4 is 5.32 Å². The molecule has 1 aliphatic rings. The highest BCUT2D eigenvalue weighted by Gasteiger charge is 2.28. The number of aliphatic hydroxyl groups is 1. The summed E-state index contributed by atoms with van der Waals surface area (Å²) in [5.74, 6) is -0.645. The first kappa shape index (κ1) is 16.7. The molecule has 0 bridgehead atoms. The fourth-order valence-corrected chi connectivity index (χ4v) is 2.26. The first-order valence-electron chi connectivity index (χ1n) is 7.00. The van der Waals surface area contributed by atoms with Gasteiger partial charge in [0.05, 0.1) is 6.10 Å². The number of carboxylic acid groups (broad SMARTS) is 1. The molecule has 0 saturated carbocycles. The first-order valence-corrected chi connectivity index (χ1v) is 7.00. The molecular formula is C13H25N3O4. The molecule has 2 amide bonds. The molecule has 0 spiro atoms. The number of carboxylic acids is 1. The molecule has 0 radical (unpaired) electrons. The molecule has 1 heterocycles. The molecule has 3 N–H and O–H groups in total. The van der Waals surface area contributed by atoms with Crippen molar-refractivity contribution in [3.8, 4) is 0 Å². The van der Waals surface area contributed by atoms with Gasteiger partial charge in [0.1, 0.15) is 0 Å². The van der Waals surface area contributed by atoms with Gasteiger partial charge in [0.2, 0.25) is 0 Å². The molecule has 0 aromatic carbocycles. The van der Waals surface area contributed by atoms with Crippen LogP contribution in [0.1, 0.15) is 20.8 Å². The van der Waals surface area contributed by atoms with E-state index in [9.17, 15) is 14.7 Å². The van der Waals surface area contributed by atoms with Crippen LogP contribution in [0.25, 0.3) is 0 Å². The fraction of sp³-hybridized carbons (Fsp3) is 0.846. The number of aliphatic hydroxyl groups excluding tert-OH is 1. The van der Waals surface area contributed by atoms with Crippen LogP contribution in [0.5, 0.6) is 0 Å². The van der Waals surface area contributed by atoms with E-state index < -0.39 is 24.1 Å². The van der Waals surface area contributed by atoms with Crippen molar-refractivity contribution in [3.63, 3.8) is 0 Å². The van der Waals surface area contributed by atoms with Crippen LogP contribution in [-0.2, 0) is 4.79 Å². The smallest absolute Gasteiger partial charge is 0.328 e. The van der Waals surface area contributed by atoms with Gasteiger partial charge in [0.25, 0.3) is 0 Å². The average Bonchev–Trinajstić information content (AvgIpc) is 2.35. The van der Waals surface area contributed by atoms with Crippen molar-refractivity contribution in [2.45, 2.75) is 32.9 Å². The number of nitrogens with zero attached hydrogens (tertiary/aromatic N) is 2. The van der Waals surface area contributed by atoms with Crippen molar-refractivity contribution < 1.29 is 19.8 Å². The molecule has 0 aromatic heterocycles. The topological polar surface area (TPSA) is 93.1 Å². The Hall–Kier alpha value is -1.34. The minimum atomic E-state index is -1.27. The van der Waals surface area contributed by atoms with Crippen LogP contribution in [0, 0.1) is 5.92 Å². The lowest BCUT2D eigenvalue weighted by molar-refractivity contribution is -0.141. The number of aliphatic carboxylic acids is 1. The number of urea groups is 1. The van der Waals surface area contributed by atoms with Gasteiger partial charge < -0.3 is 20.4 Å². The van der Waals surface area contributed by atoms with Crippen molar-refractivity contribution in [1.82, 2.24) is 15.1 Å². The second-order valence-corrected chi connectivity index (χ2v) is 5.69. The molecule has 1 aliphatic heterocycles. The molecule has 2 unspecified atom stereocenters. The monoisotopic (exact) mass is 287 g/mol. The third-order valence-corrected chi connectivity index (χ3v) is 3.31. The Morgan fingerprint density at radius 1 is 1.15 bits per heavy atom. The van der Waals surface area contributed by atoms with Crippen LogP contribution in [0.4, 0.5) is 4.79 Å². The quantitative estimate of drug-likeness (QED) is 0.651. The maximum Gasteiger partial charge on any atom is 0.328 e. The normalized spacial score (nSPS) is 19.8. The summed E-state index contributed by atoms with van der Waals surface area (Å²) in [4.78, 5) is 26.8. The number of hydrogen-bond donors (Lipinski definition) is 3. The standard InChI is InChI=1S/C13H25N3O4/c1-9(2)8-15-4-6-16(7-5-15)13(20)14-11(10(3)17)12(18)19/h9-11,17H,4-8H2,1-3H3,(H,14,20)(H,18,19). The average molecular weight is 287 g/mol. The van der Waals surface area contributed by atoms with E-state index in [1.165, 1.54) is 6.92 Å². The predicted molar refractivity (Wildman–Crippen MR) is 74.5 cm³/mol. The summed E-state index contributed by atoms with van der Waals surface area (Å²) in [7, 11) is 0. The Morgan fingerprint density at radius 3 is 2.10 bits per heavy atom. The number of piperazine rings is 1. The van der Waals surface area contributed by atoms with E-state index in [2.05, 4.69) is 24.1 Å². The minimum Gasteiger partial charge on any atom is -0.480 e. The summed E-state index contributed by atoms with van der Waals surface area (Å²) >= 11 is 0. The van der Waals surface area contributed by atoms with Gasteiger partial charge in [0, 0.05) is 32.7 Å². The zero-order valence-corrected chi connectivity index (χ0v) is 12.4. The zero-order chi connectivity index (χ0) is 15.3. The first-order chi connectivity index (χ1) is 9.31. The van der Waals surface area contributed by atoms with Crippen LogP contribution in [0.3, 0.4) is 0 Å². The lowest BCUT2D eigenvalue weighted by Gasteiger charge is -2.36. The number of rotatable bonds is 5. The van der Waals surface area contributed by atoms with E-state index >= 15 is 0 Å². The van der Waals surface area contributed by atoms with Gasteiger partial charge >= 0.3 is 12.0 Å². The maximum absolute atomic E-state index is 12.0. The third-order valence-electron chi connectivity index (χ3n) is 3.31. The molecule has 1 saturated heterocycles. The van der Waals surface area contributed by atoms with Crippen molar-refractivity contribution in [2.24, 2.45) is 5.92 Å². The summed E-state index contributed by atoms with van der Waals surface area (Å²) in [5, 5.41) is 20.6. The molecule has 1 fully saturated rings. The second kappa shape index (κ2) is 7.44. The summed E-state index contributed by atoms with van der Waals surface area (Å²) in [6, 6.07) is -1.70. The lowest BCUT2D eigenvalue weighted by atomic mass is 10.2. The van der Waals surface area contributed by atoms with Crippen LogP contribution in [0.2, 0.25) is 0 Å². The molecule has 0 aliphatic carbocycles. The van der Waals surface area contributed by atoms with Gasteiger partial charge in [-0.25, -0.2) is 9.59 Å². The van der Waals surface area contributed by atoms with Crippen LogP contribution >= 0.6 is 0 Å². The van der Waals surface area contributed by atoms with E-state index in [1.54, 1.807) is 4.90 Å². The maximum atomic E-state index is 12.0. The Labute approximate surface area is 119 Å². The van der Waals surface area contributed by atoms with Crippen molar-refractivity contribution in [3.05, 3.63) is 0 Å². The second-order valence-electron chi connectivity index (χ2n) is 5.69. The largest absolute Gasteiger partial charge is 0.480 e. The molecule has 20 heavy (non-hydrogen) atoms. The van der Waals surface area contributed by atoms with Gasteiger partial charge in [-0.15, -0.1) is 0 Å². The van der Waals surface area contributed by atoms with Gasteiger partial charge in [-0.2, -0.15) is 0 Å². The van der Waals surface area contributed by atoms with Gasteiger partial charge in [-0.1, -0.05) is 13.8 Å². The fourth-order valence-electron chi connectivity index (χ4n) is 2.26. The highest BCUT2D eigenvalue weighted by atomic mass is 16.4. The van der Waals surface area contributed by atoms with E-state index in [-0.39, 0.29) is 0 Å².